The molecule has 2 aromatic rings. The predicted octanol–water partition coefficient (Wildman–Crippen LogP) is 3.00. The minimum absolute atomic E-state index is 0.231. The van der Waals surface area contributed by atoms with Gasteiger partial charge in [0, 0.05) is 44.2 Å². The van der Waals surface area contributed by atoms with Crippen LogP contribution in [0, 0.1) is 5.92 Å². The summed E-state index contributed by atoms with van der Waals surface area (Å²) < 4.78 is 5.38. The van der Waals surface area contributed by atoms with Crippen LogP contribution < -0.4 is 9.64 Å². The Balaban J connectivity index is 1.20. The third-order valence-electron chi connectivity index (χ3n) is 6.19. The fraction of sp³-hybridized carbons (Fsp3) is 0.476. The number of aryl methyl sites for hydroxylation is 1. The first-order valence-corrected chi connectivity index (χ1v) is 10.2. The van der Waals surface area contributed by atoms with Gasteiger partial charge < -0.3 is 14.5 Å². The van der Waals surface area contributed by atoms with Crippen LogP contribution in [-0.2, 0) is 30.7 Å². The van der Waals surface area contributed by atoms with Crippen molar-refractivity contribution in [2.45, 2.75) is 38.8 Å². The Morgan fingerprint density at radius 3 is 2.89 bits per heavy atom. The van der Waals surface area contributed by atoms with E-state index in [1.165, 1.54) is 23.1 Å². The number of halogens is 1. The molecule has 28 heavy (non-hydrogen) atoms. The van der Waals surface area contributed by atoms with Gasteiger partial charge in [0.2, 0.25) is 5.91 Å². The second kappa shape index (κ2) is 6.92. The van der Waals surface area contributed by atoms with E-state index in [1.807, 2.05) is 17.2 Å². The third-order valence-corrected chi connectivity index (χ3v) is 6.39. The Labute approximate surface area is 169 Å². The SMILES string of the molecule is COc1cnc(Cl)cc1N1CC(CC(=O)N2Cc3ncc4c(c3C2)CCC4)C1. The molecule has 0 spiro atoms. The second-order valence-corrected chi connectivity index (χ2v) is 8.33. The zero-order valence-electron chi connectivity index (χ0n) is 15.9. The number of fused-ring (bicyclic) bond motifs is 3. The van der Waals surface area contributed by atoms with Crippen molar-refractivity contribution in [1.29, 1.82) is 0 Å². The van der Waals surface area contributed by atoms with Crippen molar-refractivity contribution in [2.24, 2.45) is 5.92 Å². The summed E-state index contributed by atoms with van der Waals surface area (Å²) in [5, 5.41) is 0.449. The Kier molecular flexibility index (Phi) is 4.38. The minimum Gasteiger partial charge on any atom is -0.493 e. The number of aromatic nitrogens is 2. The molecule has 5 rings (SSSR count). The molecule has 0 atom stereocenters. The van der Waals surface area contributed by atoms with Gasteiger partial charge in [0.15, 0.2) is 5.75 Å². The van der Waals surface area contributed by atoms with E-state index >= 15 is 0 Å². The lowest BCUT2D eigenvalue weighted by molar-refractivity contribution is -0.133. The molecule has 0 saturated carbocycles. The van der Waals surface area contributed by atoms with Crippen LogP contribution in [0.1, 0.15) is 35.2 Å². The Morgan fingerprint density at radius 2 is 2.07 bits per heavy atom. The van der Waals surface area contributed by atoms with Crippen LogP contribution in [0.5, 0.6) is 5.75 Å². The number of methoxy groups -OCH3 is 1. The molecule has 6 nitrogen and oxygen atoms in total. The molecule has 146 valence electrons. The monoisotopic (exact) mass is 398 g/mol. The highest BCUT2D eigenvalue weighted by molar-refractivity contribution is 6.29. The first kappa shape index (κ1) is 17.7. The Morgan fingerprint density at radius 1 is 1.21 bits per heavy atom. The zero-order valence-corrected chi connectivity index (χ0v) is 16.7. The summed E-state index contributed by atoms with van der Waals surface area (Å²) in [5.74, 6) is 1.30. The zero-order chi connectivity index (χ0) is 19.3. The van der Waals surface area contributed by atoms with E-state index in [-0.39, 0.29) is 5.91 Å². The lowest BCUT2D eigenvalue weighted by Crippen LogP contribution is -2.48. The van der Waals surface area contributed by atoms with Crippen LogP contribution in [0.3, 0.4) is 0 Å². The molecule has 1 fully saturated rings. The number of ether oxygens (including phenoxy) is 1. The van der Waals surface area contributed by atoms with Crippen LogP contribution in [0.15, 0.2) is 18.5 Å². The average Bonchev–Trinajstić information content (AvgIpc) is 3.30. The summed E-state index contributed by atoms with van der Waals surface area (Å²) in [7, 11) is 1.63. The molecule has 2 aromatic heterocycles. The van der Waals surface area contributed by atoms with Crippen molar-refractivity contribution < 1.29 is 9.53 Å². The van der Waals surface area contributed by atoms with Gasteiger partial charge in [-0.25, -0.2) is 4.98 Å². The highest BCUT2D eigenvalue weighted by atomic mass is 35.5. The van der Waals surface area contributed by atoms with Crippen molar-refractivity contribution in [3.8, 4) is 5.75 Å². The highest BCUT2D eigenvalue weighted by Crippen LogP contribution is 2.36. The quantitative estimate of drug-likeness (QED) is 0.741. The summed E-state index contributed by atoms with van der Waals surface area (Å²) in [6.45, 7) is 3.05. The summed E-state index contributed by atoms with van der Waals surface area (Å²) in [6.07, 6.45) is 7.71. The van der Waals surface area contributed by atoms with Gasteiger partial charge in [0.25, 0.3) is 0 Å². The van der Waals surface area contributed by atoms with Crippen molar-refractivity contribution in [1.82, 2.24) is 14.9 Å². The first-order valence-electron chi connectivity index (χ1n) is 9.83. The lowest BCUT2D eigenvalue weighted by atomic mass is 9.95. The van der Waals surface area contributed by atoms with Crippen LogP contribution >= 0.6 is 11.6 Å². The topological polar surface area (TPSA) is 58.6 Å². The molecule has 4 heterocycles. The third kappa shape index (κ3) is 3.00. The van der Waals surface area contributed by atoms with E-state index in [9.17, 15) is 4.79 Å². The standard InChI is InChI=1S/C21H23ClN4O2/c1-28-19-8-24-20(22)6-18(19)25-9-13(10-25)5-21(27)26-11-16-15-4-2-3-14(15)7-23-17(16)12-26/h6-8,13H,2-5,9-12H2,1H3. The number of carbonyl (C=O) groups excluding carboxylic acids is 1. The van der Waals surface area contributed by atoms with Gasteiger partial charge >= 0.3 is 0 Å². The molecule has 3 aliphatic rings. The molecule has 0 unspecified atom stereocenters. The fourth-order valence-electron chi connectivity index (χ4n) is 4.67. The first-order chi connectivity index (χ1) is 13.6. The van der Waals surface area contributed by atoms with Gasteiger partial charge in [0.05, 0.1) is 31.2 Å². The summed E-state index contributed by atoms with van der Waals surface area (Å²) in [5.41, 5.74) is 6.19. The van der Waals surface area contributed by atoms with Crippen molar-refractivity contribution >= 4 is 23.2 Å². The lowest BCUT2D eigenvalue weighted by Gasteiger charge is -2.41. The van der Waals surface area contributed by atoms with Crippen LogP contribution in [0.25, 0.3) is 0 Å². The number of pyridine rings is 2. The Hall–Kier alpha value is -2.34. The number of nitrogens with zero attached hydrogens (tertiary/aromatic N) is 4. The summed E-state index contributed by atoms with van der Waals surface area (Å²) in [6, 6.07) is 1.82. The average molecular weight is 399 g/mol. The van der Waals surface area contributed by atoms with Crippen molar-refractivity contribution in [2.75, 3.05) is 25.1 Å². The number of hydrogen-bond acceptors (Lipinski definition) is 5. The van der Waals surface area contributed by atoms with Gasteiger partial charge in [-0.15, -0.1) is 0 Å². The van der Waals surface area contributed by atoms with E-state index in [0.717, 1.165) is 43.9 Å². The van der Waals surface area contributed by atoms with Crippen LogP contribution in [0.2, 0.25) is 5.15 Å². The van der Waals surface area contributed by atoms with E-state index in [0.29, 0.717) is 29.8 Å². The maximum Gasteiger partial charge on any atom is 0.223 e. The smallest absolute Gasteiger partial charge is 0.223 e. The van der Waals surface area contributed by atoms with Crippen molar-refractivity contribution in [3.05, 3.63) is 46.0 Å². The van der Waals surface area contributed by atoms with Gasteiger partial charge in [0.1, 0.15) is 5.15 Å². The van der Waals surface area contributed by atoms with Gasteiger partial charge in [-0.05, 0) is 36.0 Å². The second-order valence-electron chi connectivity index (χ2n) is 7.94. The molecule has 7 heteroatoms. The van der Waals surface area contributed by atoms with Crippen LogP contribution in [0.4, 0.5) is 5.69 Å². The molecule has 0 N–H and O–H groups in total. The van der Waals surface area contributed by atoms with E-state index in [4.69, 9.17) is 16.3 Å². The normalized spacial score (nSPS) is 18.1. The number of carbonyl (C=O) groups is 1. The molecule has 1 saturated heterocycles. The van der Waals surface area contributed by atoms with Crippen LogP contribution in [-0.4, -0.2) is 41.0 Å². The molecular weight excluding hydrogens is 376 g/mol. The molecule has 1 aliphatic carbocycles. The molecule has 0 aromatic carbocycles. The van der Waals surface area contributed by atoms with E-state index < -0.39 is 0 Å². The predicted molar refractivity (Wildman–Crippen MR) is 107 cm³/mol. The highest BCUT2D eigenvalue weighted by Gasteiger charge is 2.34. The largest absolute Gasteiger partial charge is 0.493 e. The Bertz CT molecular complexity index is 942. The summed E-state index contributed by atoms with van der Waals surface area (Å²) >= 11 is 6.03. The molecule has 0 radical (unpaired) electrons. The van der Waals surface area contributed by atoms with E-state index in [2.05, 4.69) is 14.9 Å². The molecule has 0 bridgehead atoms. The number of amides is 1. The minimum atomic E-state index is 0.231. The summed E-state index contributed by atoms with van der Waals surface area (Å²) in [4.78, 5) is 25.7. The van der Waals surface area contributed by atoms with Gasteiger partial charge in [-0.2, -0.15) is 0 Å². The van der Waals surface area contributed by atoms with Gasteiger partial charge in [-0.3, -0.25) is 9.78 Å². The number of rotatable bonds is 4. The van der Waals surface area contributed by atoms with Gasteiger partial charge in [-0.1, -0.05) is 11.6 Å². The van der Waals surface area contributed by atoms with E-state index in [1.54, 1.807) is 13.3 Å². The van der Waals surface area contributed by atoms with Crippen molar-refractivity contribution in [3.63, 3.8) is 0 Å². The molecule has 1 amide bonds. The number of anilines is 1. The maximum absolute atomic E-state index is 12.9. The maximum atomic E-state index is 12.9. The molecule has 2 aliphatic heterocycles. The fourth-order valence-corrected chi connectivity index (χ4v) is 4.82. The molecular formula is C21H23ClN4O2. The number of hydrogen-bond donors (Lipinski definition) is 0.